The number of hydrogen-bond acceptors (Lipinski definition) is 3. The summed E-state index contributed by atoms with van der Waals surface area (Å²) >= 11 is 0. The summed E-state index contributed by atoms with van der Waals surface area (Å²) in [4.78, 5) is 10.1. The number of allylic oxidation sites excluding steroid dienone is 5. The van der Waals surface area contributed by atoms with Gasteiger partial charge in [0.2, 0.25) is 0 Å². The van der Waals surface area contributed by atoms with Crippen LogP contribution in [0.5, 0.6) is 0 Å². The second kappa shape index (κ2) is 13.9. The lowest BCUT2D eigenvalue weighted by Gasteiger charge is -2.21. The van der Waals surface area contributed by atoms with Gasteiger partial charge in [-0.15, -0.1) is 0 Å². The number of aryl methyl sites for hydroxylation is 1. The fourth-order valence-corrected chi connectivity index (χ4v) is 8.09. The van der Waals surface area contributed by atoms with E-state index >= 15 is 0 Å². The monoisotopic (exact) mass is 649 g/mol. The number of fused-ring (bicyclic) bond motifs is 8. The number of nitrogens with zero attached hydrogens (tertiary/aromatic N) is 2. The molecule has 1 aliphatic carbocycles. The van der Waals surface area contributed by atoms with Crippen molar-refractivity contribution in [2.24, 2.45) is 11.7 Å². The van der Waals surface area contributed by atoms with Gasteiger partial charge in [-0.2, -0.15) is 0 Å². The first-order chi connectivity index (χ1) is 24.6. The molecule has 3 nitrogen and oxygen atoms in total. The lowest BCUT2D eigenvalue weighted by Crippen LogP contribution is -2.13. The molecular weight excluding hydrogens is 607 g/mol. The first-order valence-corrected chi connectivity index (χ1v) is 18.0. The van der Waals surface area contributed by atoms with E-state index in [1.165, 1.54) is 60.0 Å². The maximum absolute atomic E-state index is 6.01. The van der Waals surface area contributed by atoms with Crippen LogP contribution in [-0.2, 0) is 6.42 Å². The summed E-state index contributed by atoms with van der Waals surface area (Å²) in [6, 6.07) is 37.4. The highest BCUT2D eigenvalue weighted by atomic mass is 14.7. The van der Waals surface area contributed by atoms with Gasteiger partial charge >= 0.3 is 0 Å². The maximum Gasteiger partial charge on any atom is 0.0800 e. The zero-order valence-corrected chi connectivity index (χ0v) is 28.9. The SMILES string of the molecule is C/C=C\C(CN)CCCc1c(C2C=CC(c3ccc(-c4nc5c6ccccc6c6ccccc6c5c5ccccc45)cc3)=CC2)ccnc1C. The van der Waals surface area contributed by atoms with Gasteiger partial charge in [-0.1, -0.05) is 127 Å². The van der Waals surface area contributed by atoms with Gasteiger partial charge in [0.25, 0.3) is 0 Å². The van der Waals surface area contributed by atoms with E-state index < -0.39 is 0 Å². The Labute approximate surface area is 294 Å². The largest absolute Gasteiger partial charge is 0.330 e. The van der Waals surface area contributed by atoms with Gasteiger partial charge in [-0.3, -0.25) is 4.98 Å². The minimum atomic E-state index is 0.356. The Kier molecular flexibility index (Phi) is 8.83. The third-order valence-electron chi connectivity index (χ3n) is 10.6. The number of benzene rings is 5. The van der Waals surface area contributed by atoms with Crippen molar-refractivity contribution in [3.63, 3.8) is 0 Å². The lowest BCUT2D eigenvalue weighted by molar-refractivity contribution is 0.567. The molecule has 2 N–H and O–H groups in total. The van der Waals surface area contributed by atoms with Crippen LogP contribution in [0.1, 0.15) is 54.5 Å². The first kappa shape index (κ1) is 31.9. The lowest BCUT2D eigenvalue weighted by atomic mass is 9.84. The molecule has 2 aromatic heterocycles. The van der Waals surface area contributed by atoms with Crippen LogP contribution in [0.2, 0.25) is 0 Å². The molecule has 3 heteroatoms. The molecule has 0 aliphatic heterocycles. The molecule has 0 bridgehead atoms. The van der Waals surface area contributed by atoms with E-state index in [0.717, 1.165) is 48.2 Å². The van der Waals surface area contributed by atoms with Crippen molar-refractivity contribution < 1.29 is 0 Å². The number of hydrogen-bond donors (Lipinski definition) is 1. The average molecular weight is 650 g/mol. The molecule has 246 valence electrons. The molecule has 7 aromatic rings. The summed E-state index contributed by atoms with van der Waals surface area (Å²) < 4.78 is 0. The molecule has 0 amide bonds. The van der Waals surface area contributed by atoms with Crippen molar-refractivity contribution in [1.29, 1.82) is 0 Å². The third kappa shape index (κ3) is 5.82. The van der Waals surface area contributed by atoms with Crippen molar-refractivity contribution in [3.8, 4) is 11.3 Å². The zero-order chi connectivity index (χ0) is 34.0. The van der Waals surface area contributed by atoms with Crippen LogP contribution in [-0.4, -0.2) is 16.5 Å². The van der Waals surface area contributed by atoms with Gasteiger partial charge in [-0.05, 0) is 102 Å². The normalized spacial score (nSPS) is 15.4. The van der Waals surface area contributed by atoms with Gasteiger partial charge in [0.05, 0.1) is 11.2 Å². The quantitative estimate of drug-likeness (QED) is 0.125. The standard InChI is InChI=1S/C47H43N3/c1-3-11-32(30-48)12-10-19-37-31(2)49-29-28-38(37)35-24-20-33(21-25-35)34-22-26-36(27-23-34)46-44-18-9-7-16-42(44)45-41-15-6-4-13-39(41)40-14-5-8-17-43(40)47(45)50-46/h3-9,11,13-18,20-24,26-29,32,35H,10,12,19,25,30,48H2,1-2H3/b11-3-. The smallest absolute Gasteiger partial charge is 0.0800 e. The van der Waals surface area contributed by atoms with E-state index in [-0.39, 0.29) is 0 Å². The Balaban J connectivity index is 1.09. The Morgan fingerprint density at radius 2 is 1.42 bits per heavy atom. The van der Waals surface area contributed by atoms with Gasteiger partial charge < -0.3 is 5.73 Å². The van der Waals surface area contributed by atoms with Crippen LogP contribution in [0, 0.1) is 12.8 Å². The molecular formula is C47H43N3. The van der Waals surface area contributed by atoms with Crippen molar-refractivity contribution in [1.82, 2.24) is 9.97 Å². The van der Waals surface area contributed by atoms with Crippen molar-refractivity contribution in [2.75, 3.05) is 6.54 Å². The molecule has 8 rings (SSSR count). The molecule has 2 unspecified atom stereocenters. The molecule has 0 radical (unpaired) electrons. The Bertz CT molecular complexity index is 2450. The van der Waals surface area contributed by atoms with Gasteiger partial charge in [0.15, 0.2) is 0 Å². The zero-order valence-electron chi connectivity index (χ0n) is 28.9. The van der Waals surface area contributed by atoms with Gasteiger partial charge in [-0.25, -0.2) is 4.98 Å². The van der Waals surface area contributed by atoms with Crippen LogP contribution >= 0.6 is 0 Å². The maximum atomic E-state index is 6.01. The highest BCUT2D eigenvalue weighted by molar-refractivity contribution is 6.31. The molecule has 5 aromatic carbocycles. The van der Waals surface area contributed by atoms with Crippen molar-refractivity contribution >= 4 is 48.8 Å². The van der Waals surface area contributed by atoms with Crippen LogP contribution in [0.4, 0.5) is 0 Å². The van der Waals surface area contributed by atoms with Crippen LogP contribution < -0.4 is 5.73 Å². The van der Waals surface area contributed by atoms with E-state index in [2.05, 4.69) is 152 Å². The second-order valence-electron chi connectivity index (χ2n) is 13.6. The van der Waals surface area contributed by atoms with E-state index in [1.807, 2.05) is 6.20 Å². The third-order valence-corrected chi connectivity index (χ3v) is 10.6. The summed E-state index contributed by atoms with van der Waals surface area (Å²) in [5.41, 5.74) is 15.7. The number of rotatable bonds is 9. The molecule has 2 heterocycles. The Morgan fingerprint density at radius 1 is 0.780 bits per heavy atom. The number of aromatic nitrogens is 2. The fourth-order valence-electron chi connectivity index (χ4n) is 8.09. The van der Waals surface area contributed by atoms with Gasteiger partial charge in [0, 0.05) is 39.5 Å². The fraction of sp³-hybridized carbons (Fsp3) is 0.191. The minimum Gasteiger partial charge on any atom is -0.330 e. The summed E-state index contributed by atoms with van der Waals surface area (Å²) in [7, 11) is 0. The summed E-state index contributed by atoms with van der Waals surface area (Å²) in [5.74, 6) is 0.803. The van der Waals surface area contributed by atoms with Gasteiger partial charge in [0.1, 0.15) is 0 Å². The van der Waals surface area contributed by atoms with E-state index in [0.29, 0.717) is 18.4 Å². The first-order valence-electron chi connectivity index (χ1n) is 18.0. The van der Waals surface area contributed by atoms with E-state index in [9.17, 15) is 0 Å². The predicted molar refractivity (Wildman–Crippen MR) is 213 cm³/mol. The van der Waals surface area contributed by atoms with Crippen molar-refractivity contribution in [2.45, 2.75) is 45.4 Å². The molecule has 2 atom stereocenters. The highest BCUT2D eigenvalue weighted by Gasteiger charge is 2.19. The Hall–Kier alpha value is -5.38. The molecule has 50 heavy (non-hydrogen) atoms. The topological polar surface area (TPSA) is 51.8 Å². The van der Waals surface area contributed by atoms with Crippen LogP contribution in [0.25, 0.3) is 60.1 Å². The molecule has 0 spiro atoms. The second-order valence-corrected chi connectivity index (χ2v) is 13.6. The minimum absolute atomic E-state index is 0.356. The highest BCUT2D eigenvalue weighted by Crippen LogP contribution is 2.41. The average Bonchev–Trinajstić information content (AvgIpc) is 3.18. The van der Waals surface area contributed by atoms with Crippen LogP contribution in [0.3, 0.4) is 0 Å². The summed E-state index contributed by atoms with van der Waals surface area (Å²) in [6.45, 7) is 4.93. The summed E-state index contributed by atoms with van der Waals surface area (Å²) in [6.07, 6.45) is 17.7. The molecule has 0 saturated carbocycles. The number of nitrogens with two attached hydrogens (primary N) is 1. The molecule has 0 fully saturated rings. The number of pyridine rings is 2. The van der Waals surface area contributed by atoms with E-state index in [1.54, 1.807) is 0 Å². The summed E-state index contributed by atoms with van der Waals surface area (Å²) in [5, 5.41) is 8.60. The molecule has 0 saturated heterocycles. The Morgan fingerprint density at radius 3 is 2.10 bits per heavy atom. The van der Waals surface area contributed by atoms with E-state index in [4.69, 9.17) is 10.7 Å². The van der Waals surface area contributed by atoms with Crippen molar-refractivity contribution in [3.05, 3.63) is 162 Å². The predicted octanol–water partition coefficient (Wildman–Crippen LogP) is 11.7. The molecule has 1 aliphatic rings. The van der Waals surface area contributed by atoms with Crippen LogP contribution in [0.15, 0.2) is 140 Å².